The van der Waals surface area contributed by atoms with E-state index >= 15 is 0 Å². The molecule has 3 heteroatoms. The summed E-state index contributed by atoms with van der Waals surface area (Å²) in [5, 5.41) is 11.9. The molecule has 3 aromatic carbocycles. The van der Waals surface area contributed by atoms with Crippen molar-refractivity contribution < 1.29 is 9.84 Å². The van der Waals surface area contributed by atoms with Crippen LogP contribution in [0.25, 0.3) is 0 Å². The molecule has 4 rings (SSSR count). The predicted octanol–water partition coefficient (Wildman–Crippen LogP) is 6.47. The summed E-state index contributed by atoms with van der Waals surface area (Å²) in [5.41, 5.74) is 3.68. The maximum atomic E-state index is 11.9. The maximum Gasteiger partial charge on any atom is 0.144 e. The largest absolute Gasteiger partial charge is 0.371 e. The molecule has 0 aromatic heterocycles. The van der Waals surface area contributed by atoms with Crippen LogP contribution in [0.5, 0.6) is 0 Å². The second-order valence-electron chi connectivity index (χ2n) is 9.09. The fourth-order valence-electron chi connectivity index (χ4n) is 4.92. The molecule has 0 radical (unpaired) electrons. The summed E-state index contributed by atoms with van der Waals surface area (Å²) in [5.74, 6) is 0. The molecule has 3 aromatic rings. The Hall–Kier alpha value is -2.46. The zero-order chi connectivity index (χ0) is 22.9. The molecule has 174 valence electrons. The van der Waals surface area contributed by atoms with Crippen LogP contribution in [-0.2, 0) is 16.9 Å². The zero-order valence-corrected chi connectivity index (χ0v) is 19.8. The Morgan fingerprint density at radius 2 is 1.39 bits per heavy atom. The summed E-state index contributed by atoms with van der Waals surface area (Å²) in [6, 6.07) is 29.3. The van der Waals surface area contributed by atoms with Crippen LogP contribution < -0.4 is 0 Å². The molecule has 1 aliphatic heterocycles. The Morgan fingerprint density at radius 3 is 1.94 bits per heavy atom. The van der Waals surface area contributed by atoms with E-state index < -0.39 is 5.72 Å². The molecule has 1 N–H and O–H groups in total. The Morgan fingerprint density at radius 1 is 0.818 bits per heavy atom. The van der Waals surface area contributed by atoms with E-state index in [1.807, 2.05) is 12.1 Å². The Bertz CT molecular complexity index is 912. The molecule has 33 heavy (non-hydrogen) atoms. The van der Waals surface area contributed by atoms with E-state index in [1.54, 1.807) is 0 Å². The number of hydrogen-bond acceptors (Lipinski definition) is 3. The molecule has 0 spiro atoms. The second kappa shape index (κ2) is 11.6. The smallest absolute Gasteiger partial charge is 0.144 e. The minimum Gasteiger partial charge on any atom is -0.371 e. The van der Waals surface area contributed by atoms with Gasteiger partial charge in [-0.25, -0.2) is 0 Å². The minimum absolute atomic E-state index is 0.0979. The highest BCUT2D eigenvalue weighted by Gasteiger charge is 2.36. The normalized spacial score (nSPS) is 16.6. The first-order valence-corrected chi connectivity index (χ1v) is 12.5. The average molecular weight is 444 g/mol. The van der Waals surface area contributed by atoms with Gasteiger partial charge in [-0.05, 0) is 54.4 Å². The fraction of sp³-hybridized carbons (Fsp3) is 0.400. The lowest BCUT2D eigenvalue weighted by atomic mass is 9.92. The molecule has 0 bridgehead atoms. The van der Waals surface area contributed by atoms with E-state index in [2.05, 4.69) is 84.6 Å². The molecule has 1 heterocycles. The highest BCUT2D eigenvalue weighted by Crippen LogP contribution is 2.34. The molecule has 0 amide bonds. The van der Waals surface area contributed by atoms with E-state index in [0.717, 1.165) is 55.5 Å². The van der Waals surface area contributed by atoms with E-state index in [1.165, 1.54) is 12.0 Å². The molecule has 1 saturated heterocycles. The number of nitrogens with zero attached hydrogens (tertiary/aromatic N) is 1. The molecule has 3 nitrogen and oxygen atoms in total. The van der Waals surface area contributed by atoms with E-state index in [9.17, 15) is 5.11 Å². The van der Waals surface area contributed by atoms with Crippen LogP contribution in [-0.4, -0.2) is 29.7 Å². The van der Waals surface area contributed by atoms with E-state index in [0.29, 0.717) is 13.0 Å². The Labute approximate surface area is 199 Å². The molecular formula is C30H37NO2. The summed E-state index contributed by atoms with van der Waals surface area (Å²) in [6.45, 7) is 4.66. The van der Waals surface area contributed by atoms with Crippen LogP contribution in [0.2, 0.25) is 0 Å². The zero-order valence-electron chi connectivity index (χ0n) is 19.8. The number of piperidine rings is 1. The monoisotopic (exact) mass is 443 g/mol. The van der Waals surface area contributed by atoms with E-state index in [-0.39, 0.29) is 6.10 Å². The fourth-order valence-corrected chi connectivity index (χ4v) is 4.92. The topological polar surface area (TPSA) is 32.7 Å². The van der Waals surface area contributed by atoms with Gasteiger partial charge in [0.1, 0.15) is 11.8 Å². The molecule has 0 saturated carbocycles. The third kappa shape index (κ3) is 5.92. The number of rotatable bonds is 10. The molecule has 1 unspecified atom stereocenters. The van der Waals surface area contributed by atoms with Gasteiger partial charge in [0.2, 0.25) is 0 Å². The third-order valence-electron chi connectivity index (χ3n) is 6.86. The Balaban J connectivity index is 1.46. The predicted molar refractivity (Wildman–Crippen MR) is 135 cm³/mol. The van der Waals surface area contributed by atoms with Crippen molar-refractivity contribution in [2.45, 2.75) is 57.3 Å². The van der Waals surface area contributed by atoms with E-state index in [4.69, 9.17) is 4.74 Å². The van der Waals surface area contributed by atoms with Gasteiger partial charge in [-0.1, -0.05) is 98.3 Å². The first-order chi connectivity index (χ1) is 16.2. The molecule has 1 aliphatic rings. The van der Waals surface area contributed by atoms with Crippen LogP contribution >= 0.6 is 0 Å². The van der Waals surface area contributed by atoms with Crippen molar-refractivity contribution in [2.24, 2.45) is 0 Å². The molecule has 1 fully saturated rings. The third-order valence-corrected chi connectivity index (χ3v) is 6.86. The highest BCUT2D eigenvalue weighted by atomic mass is 16.5. The van der Waals surface area contributed by atoms with Crippen molar-refractivity contribution in [3.05, 3.63) is 107 Å². The second-order valence-corrected chi connectivity index (χ2v) is 9.09. The van der Waals surface area contributed by atoms with Crippen LogP contribution in [0.15, 0.2) is 84.9 Å². The number of aryl methyl sites for hydroxylation is 1. The van der Waals surface area contributed by atoms with Crippen molar-refractivity contribution in [2.75, 3.05) is 19.7 Å². The maximum absolute atomic E-state index is 11.9. The van der Waals surface area contributed by atoms with Gasteiger partial charge in [-0.2, -0.15) is 0 Å². The number of hydrogen-bond donors (Lipinski definition) is 1. The SMILES string of the molecule is CCc1ccc(C(O)(CCCOC(c2ccccc2)c2ccccc2)N2CCCCC2)cc1. The summed E-state index contributed by atoms with van der Waals surface area (Å²) in [6.07, 6.45) is 5.91. The standard InChI is InChI=1S/C30H37NO2/c1-2-25-17-19-28(20-18-25)30(32,31-22-10-5-11-23-31)21-12-24-33-29(26-13-6-3-7-14-26)27-15-8-4-9-16-27/h3-4,6-9,13-20,29,32H,2,5,10-12,21-24H2,1H3. The van der Waals surface area contributed by atoms with Gasteiger partial charge in [0.25, 0.3) is 0 Å². The van der Waals surface area contributed by atoms with Gasteiger partial charge >= 0.3 is 0 Å². The van der Waals surface area contributed by atoms with Gasteiger partial charge in [-0.15, -0.1) is 0 Å². The van der Waals surface area contributed by atoms with Gasteiger partial charge in [0, 0.05) is 19.7 Å². The summed E-state index contributed by atoms with van der Waals surface area (Å²) < 4.78 is 6.44. The summed E-state index contributed by atoms with van der Waals surface area (Å²) >= 11 is 0. The van der Waals surface area contributed by atoms with Crippen molar-refractivity contribution in [3.8, 4) is 0 Å². The van der Waals surface area contributed by atoms with Crippen LogP contribution in [0, 0.1) is 0 Å². The molecule has 1 atom stereocenters. The van der Waals surface area contributed by atoms with Crippen LogP contribution in [0.3, 0.4) is 0 Å². The van der Waals surface area contributed by atoms with Gasteiger partial charge < -0.3 is 9.84 Å². The lowest BCUT2D eigenvalue weighted by Gasteiger charge is -2.42. The van der Waals surface area contributed by atoms with Crippen molar-refractivity contribution >= 4 is 0 Å². The lowest BCUT2D eigenvalue weighted by molar-refractivity contribution is -0.133. The number of benzene rings is 3. The van der Waals surface area contributed by atoms with Crippen LogP contribution in [0.1, 0.15) is 67.4 Å². The highest BCUT2D eigenvalue weighted by molar-refractivity contribution is 5.30. The summed E-state index contributed by atoms with van der Waals surface area (Å²) in [4.78, 5) is 2.28. The number of likely N-dealkylation sites (tertiary alicyclic amines) is 1. The summed E-state index contributed by atoms with van der Waals surface area (Å²) in [7, 11) is 0. The quantitative estimate of drug-likeness (QED) is 0.365. The molecular weight excluding hydrogens is 406 g/mol. The number of aliphatic hydroxyl groups is 1. The first-order valence-electron chi connectivity index (χ1n) is 12.5. The van der Waals surface area contributed by atoms with Gasteiger partial charge in [-0.3, -0.25) is 4.90 Å². The minimum atomic E-state index is -0.939. The van der Waals surface area contributed by atoms with Crippen molar-refractivity contribution in [3.63, 3.8) is 0 Å². The molecule has 0 aliphatic carbocycles. The first kappa shape index (κ1) is 23.7. The Kier molecular flexibility index (Phi) is 8.33. The van der Waals surface area contributed by atoms with Crippen LogP contribution in [0.4, 0.5) is 0 Å². The van der Waals surface area contributed by atoms with Gasteiger partial charge in [0.05, 0.1) is 0 Å². The average Bonchev–Trinajstić information content (AvgIpc) is 2.90. The van der Waals surface area contributed by atoms with Crippen molar-refractivity contribution in [1.82, 2.24) is 4.90 Å². The number of ether oxygens (including phenoxy) is 1. The van der Waals surface area contributed by atoms with Crippen molar-refractivity contribution in [1.29, 1.82) is 0 Å². The van der Waals surface area contributed by atoms with Gasteiger partial charge in [0.15, 0.2) is 0 Å². The lowest BCUT2D eigenvalue weighted by Crippen LogP contribution is -2.48.